The molecule has 2 aromatic carbocycles. The molecule has 1 N–H and O–H groups in total. The number of benzene rings is 2. The van der Waals surface area contributed by atoms with Gasteiger partial charge in [-0.2, -0.15) is 0 Å². The summed E-state index contributed by atoms with van der Waals surface area (Å²) < 4.78 is 8.85. The first kappa shape index (κ1) is 14.6. The summed E-state index contributed by atoms with van der Waals surface area (Å²) in [5.74, 6) is 1.87. The van der Waals surface area contributed by atoms with Crippen molar-refractivity contribution in [1.82, 2.24) is 0 Å². The van der Waals surface area contributed by atoms with E-state index in [-0.39, 0.29) is 5.75 Å². The second-order valence-corrected chi connectivity index (χ2v) is 7.26. The molecule has 0 bridgehead atoms. The van der Waals surface area contributed by atoms with Crippen LogP contribution in [0.1, 0.15) is 5.56 Å². The van der Waals surface area contributed by atoms with Crippen LogP contribution in [-0.4, -0.2) is 5.11 Å². The predicted molar refractivity (Wildman–Crippen MR) is 97.5 cm³/mol. The Kier molecular flexibility index (Phi) is 4.98. The standard InChI is InChI=1S/C13H9I3O2/c1-7-4-10(15)13(11(16)5-7)18-8-2-3-12(17)9(14)6-8/h2-6,17H,1H3. The Bertz CT molecular complexity index is 574. The molecule has 2 aromatic rings. The first-order valence-corrected chi connectivity index (χ1v) is 8.33. The van der Waals surface area contributed by atoms with E-state index < -0.39 is 0 Å². The largest absolute Gasteiger partial charge is 0.507 e. The van der Waals surface area contributed by atoms with Crippen molar-refractivity contribution in [3.63, 3.8) is 0 Å². The minimum absolute atomic E-state index is 0.274. The topological polar surface area (TPSA) is 29.5 Å². The Labute approximate surface area is 147 Å². The van der Waals surface area contributed by atoms with Gasteiger partial charge < -0.3 is 9.84 Å². The summed E-state index contributed by atoms with van der Waals surface area (Å²) in [4.78, 5) is 0. The summed E-state index contributed by atoms with van der Waals surface area (Å²) in [7, 11) is 0. The molecule has 0 aliphatic heterocycles. The van der Waals surface area contributed by atoms with Crippen LogP contribution in [0.2, 0.25) is 0 Å². The Morgan fingerprint density at radius 2 is 1.56 bits per heavy atom. The van der Waals surface area contributed by atoms with Gasteiger partial charge in [-0.25, -0.2) is 0 Å². The van der Waals surface area contributed by atoms with Crippen LogP contribution in [0, 0.1) is 17.6 Å². The molecule has 2 nitrogen and oxygen atoms in total. The molecule has 0 aliphatic carbocycles. The van der Waals surface area contributed by atoms with Crippen LogP contribution in [-0.2, 0) is 0 Å². The van der Waals surface area contributed by atoms with Crippen molar-refractivity contribution in [1.29, 1.82) is 0 Å². The van der Waals surface area contributed by atoms with Crippen molar-refractivity contribution in [3.05, 3.63) is 46.6 Å². The highest BCUT2D eigenvalue weighted by Gasteiger charge is 2.09. The normalized spacial score (nSPS) is 10.4. The van der Waals surface area contributed by atoms with E-state index in [0.717, 1.165) is 22.2 Å². The lowest BCUT2D eigenvalue weighted by Gasteiger charge is -2.11. The summed E-state index contributed by atoms with van der Waals surface area (Å²) in [6.07, 6.45) is 0. The van der Waals surface area contributed by atoms with Gasteiger partial charge in [0, 0.05) is 0 Å². The molecule has 94 valence electrons. The number of rotatable bonds is 2. The first-order chi connectivity index (χ1) is 8.47. The average Bonchev–Trinajstić information content (AvgIpc) is 2.28. The average molecular weight is 578 g/mol. The van der Waals surface area contributed by atoms with Crippen molar-refractivity contribution in [2.75, 3.05) is 0 Å². The second-order valence-electron chi connectivity index (χ2n) is 3.77. The lowest BCUT2D eigenvalue weighted by molar-refractivity contribution is 0.458. The molecule has 0 aliphatic rings. The summed E-state index contributed by atoms with van der Waals surface area (Å²) in [6, 6.07) is 9.41. The summed E-state index contributed by atoms with van der Waals surface area (Å²) in [5.41, 5.74) is 1.22. The van der Waals surface area contributed by atoms with E-state index in [1.165, 1.54) is 5.56 Å². The number of phenolic OH excluding ortho intramolecular Hbond substituents is 1. The highest BCUT2D eigenvalue weighted by Crippen LogP contribution is 2.34. The fraction of sp³-hybridized carbons (Fsp3) is 0.0769. The van der Waals surface area contributed by atoms with E-state index in [1.807, 2.05) is 6.07 Å². The van der Waals surface area contributed by atoms with Gasteiger partial charge in [-0.15, -0.1) is 0 Å². The van der Waals surface area contributed by atoms with Gasteiger partial charge in [0.25, 0.3) is 0 Å². The molecule has 0 heterocycles. The van der Waals surface area contributed by atoms with Crippen molar-refractivity contribution in [2.45, 2.75) is 6.92 Å². The van der Waals surface area contributed by atoms with Crippen LogP contribution in [0.4, 0.5) is 0 Å². The van der Waals surface area contributed by atoms with Gasteiger partial charge in [0.2, 0.25) is 0 Å². The van der Waals surface area contributed by atoms with Gasteiger partial charge in [0.1, 0.15) is 11.5 Å². The maximum Gasteiger partial charge on any atom is 0.154 e. The van der Waals surface area contributed by atoms with Crippen molar-refractivity contribution in [2.24, 2.45) is 0 Å². The van der Waals surface area contributed by atoms with Gasteiger partial charge >= 0.3 is 0 Å². The highest BCUT2D eigenvalue weighted by atomic mass is 127. The molecule has 0 aromatic heterocycles. The molecule has 18 heavy (non-hydrogen) atoms. The second kappa shape index (κ2) is 6.12. The molecule has 0 saturated heterocycles. The summed E-state index contributed by atoms with van der Waals surface area (Å²) in [6.45, 7) is 2.07. The van der Waals surface area contributed by atoms with E-state index in [1.54, 1.807) is 12.1 Å². The van der Waals surface area contributed by atoms with Gasteiger partial charge in [0.15, 0.2) is 5.75 Å². The zero-order valence-corrected chi connectivity index (χ0v) is 15.8. The number of hydrogen-bond acceptors (Lipinski definition) is 2. The number of aryl methyl sites for hydroxylation is 1. The van der Waals surface area contributed by atoms with Gasteiger partial charge in [0.05, 0.1) is 10.7 Å². The third-order valence-electron chi connectivity index (χ3n) is 2.28. The number of hydrogen-bond donors (Lipinski definition) is 1. The monoisotopic (exact) mass is 578 g/mol. The molecule has 5 heteroatoms. The Balaban J connectivity index is 2.37. The molecule has 0 fully saturated rings. The predicted octanol–water partition coefficient (Wildman–Crippen LogP) is 5.31. The zero-order valence-electron chi connectivity index (χ0n) is 9.38. The molecule has 2 rings (SSSR count). The molecule has 0 unspecified atom stereocenters. The third-order valence-corrected chi connectivity index (χ3v) is 4.75. The zero-order chi connectivity index (χ0) is 13.3. The Morgan fingerprint density at radius 3 is 2.11 bits per heavy atom. The number of aromatic hydroxyl groups is 1. The third kappa shape index (κ3) is 3.41. The smallest absolute Gasteiger partial charge is 0.154 e. The van der Waals surface area contributed by atoms with E-state index in [0.29, 0.717) is 0 Å². The molecular weight excluding hydrogens is 569 g/mol. The minimum Gasteiger partial charge on any atom is -0.507 e. The van der Waals surface area contributed by atoms with E-state index in [2.05, 4.69) is 86.8 Å². The van der Waals surface area contributed by atoms with Crippen molar-refractivity contribution >= 4 is 67.8 Å². The number of ether oxygens (including phenoxy) is 1. The van der Waals surface area contributed by atoms with Gasteiger partial charge in [-0.05, 0) is 111 Å². The van der Waals surface area contributed by atoms with Crippen LogP contribution < -0.4 is 4.74 Å². The fourth-order valence-corrected chi connectivity index (χ4v) is 4.24. The van der Waals surface area contributed by atoms with Crippen LogP contribution in [0.3, 0.4) is 0 Å². The quantitative estimate of drug-likeness (QED) is 0.491. The van der Waals surface area contributed by atoms with Crippen LogP contribution in [0.25, 0.3) is 0 Å². The molecule has 0 amide bonds. The minimum atomic E-state index is 0.274. The van der Waals surface area contributed by atoms with Crippen LogP contribution in [0.5, 0.6) is 17.2 Å². The van der Waals surface area contributed by atoms with Crippen molar-refractivity contribution in [3.8, 4) is 17.2 Å². The maximum absolute atomic E-state index is 9.49. The molecule has 0 spiro atoms. The Morgan fingerprint density at radius 1 is 0.944 bits per heavy atom. The van der Waals surface area contributed by atoms with Crippen LogP contribution >= 0.6 is 67.8 Å². The Hall–Kier alpha value is 0.230. The molecule has 0 saturated carbocycles. The molecule has 0 radical (unpaired) electrons. The SMILES string of the molecule is Cc1cc(I)c(Oc2ccc(O)c(I)c2)c(I)c1. The summed E-state index contributed by atoms with van der Waals surface area (Å²) in [5, 5.41) is 9.49. The lowest BCUT2D eigenvalue weighted by atomic mass is 10.2. The fourth-order valence-electron chi connectivity index (χ4n) is 1.45. The summed E-state index contributed by atoms with van der Waals surface area (Å²) >= 11 is 6.63. The van der Waals surface area contributed by atoms with E-state index in [9.17, 15) is 5.11 Å². The van der Waals surface area contributed by atoms with Crippen LogP contribution in [0.15, 0.2) is 30.3 Å². The maximum atomic E-state index is 9.49. The number of halogens is 3. The lowest BCUT2D eigenvalue weighted by Crippen LogP contribution is -1.92. The van der Waals surface area contributed by atoms with E-state index in [4.69, 9.17) is 4.74 Å². The highest BCUT2D eigenvalue weighted by molar-refractivity contribution is 14.1. The van der Waals surface area contributed by atoms with E-state index >= 15 is 0 Å². The first-order valence-electron chi connectivity index (χ1n) is 5.09. The molecular formula is C13H9I3O2. The molecule has 0 atom stereocenters. The number of phenols is 1. The van der Waals surface area contributed by atoms with Gasteiger partial charge in [-0.1, -0.05) is 0 Å². The van der Waals surface area contributed by atoms with Crippen molar-refractivity contribution < 1.29 is 9.84 Å². The van der Waals surface area contributed by atoms with Gasteiger partial charge in [-0.3, -0.25) is 0 Å².